The van der Waals surface area contributed by atoms with Gasteiger partial charge in [0.2, 0.25) is 0 Å². The zero-order valence-electron chi connectivity index (χ0n) is 10.4. The molecule has 10 heteroatoms. The summed E-state index contributed by atoms with van der Waals surface area (Å²) in [6, 6.07) is 6.50. The lowest BCUT2D eigenvalue weighted by atomic mass is 10.3. The minimum atomic E-state index is -0.507. The summed E-state index contributed by atoms with van der Waals surface area (Å²) in [5.41, 5.74) is 1.26. The Morgan fingerprint density at radius 3 is 2.65 bits per heavy atom. The molecule has 0 saturated heterocycles. The average molecular weight is 312 g/mol. The van der Waals surface area contributed by atoms with Crippen LogP contribution in [0.1, 0.15) is 0 Å². The summed E-state index contributed by atoms with van der Waals surface area (Å²) in [6.45, 7) is 0. The maximum Gasteiger partial charge on any atom is 0.347 e. The largest absolute Gasteiger partial charge is 0.347 e. The van der Waals surface area contributed by atoms with E-state index in [0.29, 0.717) is 20.9 Å². The molecule has 0 atom stereocenters. The van der Waals surface area contributed by atoms with E-state index in [0.717, 1.165) is 5.06 Å². The first-order valence-corrected chi connectivity index (χ1v) is 6.26. The van der Waals surface area contributed by atoms with Crippen molar-refractivity contribution in [1.29, 1.82) is 0 Å². The fourth-order valence-electron chi connectivity index (χ4n) is 1.52. The quantitative estimate of drug-likeness (QED) is 0.511. The number of hydroxylamine groups is 2. The van der Waals surface area contributed by atoms with E-state index < -0.39 is 6.03 Å². The Hall–Kier alpha value is -2.01. The minimum absolute atomic E-state index is 0.431. The van der Waals surface area contributed by atoms with E-state index in [1.54, 1.807) is 22.8 Å². The molecule has 1 aromatic heterocycles. The third-order valence-corrected chi connectivity index (χ3v) is 3.05. The van der Waals surface area contributed by atoms with E-state index in [-0.39, 0.29) is 0 Å². The number of urea groups is 1. The molecule has 0 aliphatic heterocycles. The molecule has 0 aliphatic carbocycles. The zero-order chi connectivity index (χ0) is 14.7. The van der Waals surface area contributed by atoms with Gasteiger partial charge in [-0.1, -0.05) is 6.07 Å². The highest BCUT2D eigenvalue weighted by Gasteiger charge is 2.09. The monoisotopic (exact) mass is 312 g/mol. The van der Waals surface area contributed by atoms with Gasteiger partial charge in [-0.2, -0.15) is 15.9 Å². The van der Waals surface area contributed by atoms with Crippen LogP contribution in [0.4, 0.5) is 10.5 Å². The molecule has 1 aromatic carbocycles. The van der Waals surface area contributed by atoms with Gasteiger partial charge in [-0.3, -0.25) is 14.8 Å². The van der Waals surface area contributed by atoms with Gasteiger partial charge in [0, 0.05) is 12.7 Å². The highest BCUT2D eigenvalue weighted by atomic mass is 32.1. The Morgan fingerprint density at radius 1 is 1.40 bits per heavy atom. The molecule has 2 aromatic rings. The molecule has 20 heavy (non-hydrogen) atoms. The first-order chi connectivity index (χ1) is 9.52. The minimum Gasteiger partial charge on any atom is -0.306 e. The lowest BCUT2D eigenvalue weighted by Gasteiger charge is -2.14. The smallest absolute Gasteiger partial charge is 0.306 e. The van der Waals surface area contributed by atoms with Crippen molar-refractivity contribution >= 4 is 36.2 Å². The Bertz CT molecular complexity index is 706. The van der Waals surface area contributed by atoms with Gasteiger partial charge in [0.15, 0.2) is 9.54 Å². The third kappa shape index (κ3) is 2.93. The molecule has 0 fully saturated rings. The van der Waals surface area contributed by atoms with E-state index in [2.05, 4.69) is 20.5 Å². The molecule has 0 aliphatic rings. The molecular formula is C10H12N6O2S2. The van der Waals surface area contributed by atoms with E-state index in [4.69, 9.17) is 30.3 Å². The van der Waals surface area contributed by atoms with Crippen molar-refractivity contribution in [1.82, 2.24) is 19.8 Å². The van der Waals surface area contributed by atoms with Crippen LogP contribution in [0.2, 0.25) is 0 Å². The highest BCUT2D eigenvalue weighted by Crippen LogP contribution is 2.15. The molecule has 0 saturated carbocycles. The van der Waals surface area contributed by atoms with Crippen LogP contribution in [0.3, 0.4) is 0 Å². The molecule has 5 N–H and O–H groups in total. The van der Waals surface area contributed by atoms with Crippen LogP contribution < -0.4 is 11.2 Å². The number of benzene rings is 1. The maximum absolute atomic E-state index is 11.6. The van der Waals surface area contributed by atoms with Crippen LogP contribution >= 0.6 is 24.4 Å². The summed E-state index contributed by atoms with van der Waals surface area (Å²) in [5.74, 6) is 4.90. The summed E-state index contributed by atoms with van der Waals surface area (Å²) in [6.07, 6.45) is 0. The molecule has 8 nitrogen and oxygen atoms in total. The summed E-state index contributed by atoms with van der Waals surface area (Å²) in [5, 5.41) is 8.96. The predicted molar refractivity (Wildman–Crippen MR) is 78.2 cm³/mol. The number of hydrogen-bond donors (Lipinski definition) is 4. The number of hydrogen-bond acceptors (Lipinski definition) is 5. The van der Waals surface area contributed by atoms with Crippen molar-refractivity contribution in [2.45, 2.75) is 0 Å². The van der Waals surface area contributed by atoms with Gasteiger partial charge in [-0.05, 0) is 42.6 Å². The number of aromatic amines is 2. The van der Waals surface area contributed by atoms with Crippen LogP contribution in [-0.4, -0.2) is 32.9 Å². The van der Waals surface area contributed by atoms with Gasteiger partial charge >= 0.3 is 6.03 Å². The van der Waals surface area contributed by atoms with Gasteiger partial charge in [0.1, 0.15) is 0 Å². The standard InChI is InChI=1S/C10H12N6O2S2/c1-15(18-11)8(17)12-6-3-2-4-7(5-6)16-9(19)13-14-10(16)20/h2-5H,11H2,1H3,(H,12,17)(H,13,19)(H,14,20). The Kier molecular flexibility index (Phi) is 4.29. The zero-order valence-corrected chi connectivity index (χ0v) is 12.0. The number of anilines is 1. The predicted octanol–water partition coefficient (Wildman–Crippen LogP) is 1.86. The van der Waals surface area contributed by atoms with Gasteiger partial charge in [-0.25, -0.2) is 4.79 Å². The van der Waals surface area contributed by atoms with E-state index in [1.165, 1.54) is 7.05 Å². The first-order valence-electron chi connectivity index (χ1n) is 5.44. The molecular weight excluding hydrogens is 300 g/mol. The number of amides is 2. The van der Waals surface area contributed by atoms with Crippen molar-refractivity contribution in [3.63, 3.8) is 0 Å². The second kappa shape index (κ2) is 5.96. The molecule has 0 unspecified atom stereocenters. The lowest BCUT2D eigenvalue weighted by Crippen LogP contribution is -2.33. The number of H-pyrrole nitrogens is 2. The van der Waals surface area contributed by atoms with Gasteiger partial charge in [-0.15, -0.1) is 0 Å². The number of aromatic nitrogens is 3. The van der Waals surface area contributed by atoms with Crippen LogP contribution in [0.15, 0.2) is 24.3 Å². The van der Waals surface area contributed by atoms with Crippen LogP contribution in [0.25, 0.3) is 5.69 Å². The van der Waals surface area contributed by atoms with Crippen molar-refractivity contribution in [2.24, 2.45) is 5.90 Å². The van der Waals surface area contributed by atoms with E-state index >= 15 is 0 Å². The Labute approximate surface area is 124 Å². The number of nitrogens with zero attached hydrogens (tertiary/aromatic N) is 2. The summed E-state index contributed by atoms with van der Waals surface area (Å²) >= 11 is 10.2. The van der Waals surface area contributed by atoms with Gasteiger partial charge < -0.3 is 5.32 Å². The van der Waals surface area contributed by atoms with Gasteiger partial charge in [0.05, 0.1) is 5.69 Å². The highest BCUT2D eigenvalue weighted by molar-refractivity contribution is 7.72. The topological polar surface area (TPSA) is 104 Å². The SMILES string of the molecule is CN(ON)C(=O)Nc1cccc(-n2c(=S)[nH][nH]c2=S)c1. The van der Waals surface area contributed by atoms with Crippen molar-refractivity contribution < 1.29 is 9.73 Å². The van der Waals surface area contributed by atoms with Crippen LogP contribution in [0.5, 0.6) is 0 Å². The Morgan fingerprint density at radius 2 is 2.05 bits per heavy atom. The molecule has 2 rings (SSSR count). The third-order valence-electron chi connectivity index (χ3n) is 2.48. The van der Waals surface area contributed by atoms with Gasteiger partial charge in [0.25, 0.3) is 0 Å². The van der Waals surface area contributed by atoms with Crippen LogP contribution in [0, 0.1) is 9.54 Å². The first kappa shape index (κ1) is 14.4. The molecule has 106 valence electrons. The maximum atomic E-state index is 11.6. The summed E-state index contributed by atoms with van der Waals surface area (Å²) in [4.78, 5) is 15.9. The lowest BCUT2D eigenvalue weighted by molar-refractivity contribution is -0.0971. The number of carbonyl (C=O) groups is 1. The van der Waals surface area contributed by atoms with Crippen molar-refractivity contribution in [3.05, 3.63) is 33.8 Å². The molecule has 2 amide bonds. The van der Waals surface area contributed by atoms with E-state index in [1.807, 2.05) is 6.07 Å². The number of rotatable bonds is 3. The number of carbonyl (C=O) groups excluding carboxylic acids is 1. The second-order valence-electron chi connectivity index (χ2n) is 3.78. The van der Waals surface area contributed by atoms with Crippen LogP contribution in [-0.2, 0) is 4.94 Å². The summed E-state index contributed by atoms with van der Waals surface area (Å²) in [7, 11) is 1.39. The van der Waals surface area contributed by atoms with Crippen molar-refractivity contribution in [2.75, 3.05) is 12.4 Å². The Balaban J connectivity index is 2.32. The van der Waals surface area contributed by atoms with Crippen molar-refractivity contribution in [3.8, 4) is 5.69 Å². The number of nitrogens with two attached hydrogens (primary N) is 1. The number of nitrogens with one attached hydrogen (secondary N) is 3. The summed E-state index contributed by atoms with van der Waals surface area (Å²) < 4.78 is 2.49. The molecule has 0 bridgehead atoms. The second-order valence-corrected chi connectivity index (χ2v) is 4.55. The fourth-order valence-corrected chi connectivity index (χ4v) is 2.07. The average Bonchev–Trinajstić information content (AvgIpc) is 2.77. The molecule has 0 spiro atoms. The fraction of sp³-hybridized carbons (Fsp3) is 0.100. The van der Waals surface area contributed by atoms with E-state index in [9.17, 15) is 4.79 Å². The normalized spacial score (nSPS) is 10.3. The molecule has 0 radical (unpaired) electrons. The molecule has 1 heterocycles.